The second-order valence-electron chi connectivity index (χ2n) is 5.55. The number of halogens is 2. The van der Waals surface area contributed by atoms with Crippen molar-refractivity contribution in [3.63, 3.8) is 0 Å². The zero-order valence-corrected chi connectivity index (χ0v) is 14.9. The van der Waals surface area contributed by atoms with Crippen molar-refractivity contribution in [3.05, 3.63) is 56.6 Å². The van der Waals surface area contributed by atoms with E-state index in [1.807, 2.05) is 6.92 Å². The number of carbonyl (C=O) groups is 2. The summed E-state index contributed by atoms with van der Waals surface area (Å²) in [6.45, 7) is 1.95. The highest BCUT2D eigenvalue weighted by molar-refractivity contribution is 6.36. The van der Waals surface area contributed by atoms with Crippen molar-refractivity contribution < 1.29 is 24.9 Å². The molecule has 3 N–H and O–H groups in total. The van der Waals surface area contributed by atoms with Crippen molar-refractivity contribution in [2.75, 3.05) is 0 Å². The SMILES string of the molecule is CCCCc1cc(C(=O)c2cc(Cl)cc(Cl)c2O)cc(C(=O)O)c1O. The van der Waals surface area contributed by atoms with Gasteiger partial charge in [-0.05, 0) is 42.7 Å². The molecule has 2 aromatic rings. The molecule has 0 aromatic heterocycles. The third-order valence-corrected chi connectivity index (χ3v) is 4.26. The van der Waals surface area contributed by atoms with Crippen molar-refractivity contribution in [2.45, 2.75) is 26.2 Å². The molecule has 0 saturated heterocycles. The number of rotatable bonds is 6. The van der Waals surface area contributed by atoms with E-state index in [1.54, 1.807) is 0 Å². The molecule has 0 fully saturated rings. The second-order valence-corrected chi connectivity index (χ2v) is 6.40. The van der Waals surface area contributed by atoms with Gasteiger partial charge in [-0.2, -0.15) is 0 Å². The van der Waals surface area contributed by atoms with E-state index in [0.29, 0.717) is 12.0 Å². The molecule has 7 heteroatoms. The van der Waals surface area contributed by atoms with E-state index < -0.39 is 17.5 Å². The van der Waals surface area contributed by atoms with Crippen molar-refractivity contribution in [2.24, 2.45) is 0 Å². The quantitative estimate of drug-likeness (QED) is 0.630. The topological polar surface area (TPSA) is 94.8 Å². The Labute approximate surface area is 154 Å². The molecular formula is C18H16Cl2O5. The minimum Gasteiger partial charge on any atom is -0.507 e. The predicted octanol–water partition coefficient (Wildman–Crippen LogP) is 4.68. The Morgan fingerprint density at radius 1 is 1.00 bits per heavy atom. The minimum absolute atomic E-state index is 0.0231. The Morgan fingerprint density at radius 2 is 1.68 bits per heavy atom. The van der Waals surface area contributed by atoms with Gasteiger partial charge >= 0.3 is 5.97 Å². The first-order valence-corrected chi connectivity index (χ1v) is 8.33. The Bertz CT molecular complexity index is 846. The molecule has 0 saturated carbocycles. The molecule has 0 spiro atoms. The molecule has 0 bridgehead atoms. The zero-order chi connectivity index (χ0) is 18.7. The fourth-order valence-electron chi connectivity index (χ4n) is 2.44. The van der Waals surface area contributed by atoms with E-state index in [1.165, 1.54) is 18.2 Å². The van der Waals surface area contributed by atoms with Crippen molar-refractivity contribution in [1.82, 2.24) is 0 Å². The van der Waals surface area contributed by atoms with Gasteiger partial charge in [0.2, 0.25) is 0 Å². The average Bonchev–Trinajstić information content (AvgIpc) is 2.56. The largest absolute Gasteiger partial charge is 0.507 e. The predicted molar refractivity (Wildman–Crippen MR) is 95.2 cm³/mol. The number of carbonyl (C=O) groups excluding carboxylic acids is 1. The molecule has 0 aliphatic carbocycles. The van der Waals surface area contributed by atoms with Gasteiger partial charge in [-0.25, -0.2) is 4.79 Å². The Balaban J connectivity index is 2.60. The maximum absolute atomic E-state index is 12.7. The number of ketones is 1. The Kier molecular flexibility index (Phi) is 5.93. The summed E-state index contributed by atoms with van der Waals surface area (Å²) in [5.41, 5.74) is -0.127. The first-order chi connectivity index (χ1) is 11.8. The maximum atomic E-state index is 12.7. The Morgan fingerprint density at radius 3 is 2.28 bits per heavy atom. The summed E-state index contributed by atoms with van der Waals surface area (Å²) in [6, 6.07) is 5.04. The summed E-state index contributed by atoms with van der Waals surface area (Å²) in [4.78, 5) is 24.1. The lowest BCUT2D eigenvalue weighted by atomic mass is 9.95. The summed E-state index contributed by atoms with van der Waals surface area (Å²) in [7, 11) is 0. The van der Waals surface area contributed by atoms with Gasteiger partial charge in [0.05, 0.1) is 10.6 Å². The number of benzene rings is 2. The number of aromatic hydroxyl groups is 2. The number of unbranched alkanes of at least 4 members (excludes halogenated alkanes) is 1. The monoisotopic (exact) mass is 382 g/mol. The van der Waals surface area contributed by atoms with Crippen LogP contribution in [0.4, 0.5) is 0 Å². The van der Waals surface area contributed by atoms with Gasteiger partial charge in [-0.15, -0.1) is 0 Å². The van der Waals surface area contributed by atoms with E-state index in [0.717, 1.165) is 18.9 Å². The van der Waals surface area contributed by atoms with Crippen LogP contribution in [-0.4, -0.2) is 27.1 Å². The molecule has 0 atom stereocenters. The molecule has 0 aliphatic heterocycles. The molecule has 0 radical (unpaired) electrons. The first kappa shape index (κ1) is 19.1. The normalized spacial score (nSPS) is 10.7. The number of hydrogen-bond donors (Lipinski definition) is 3. The van der Waals surface area contributed by atoms with Crippen LogP contribution in [0.15, 0.2) is 24.3 Å². The highest BCUT2D eigenvalue weighted by atomic mass is 35.5. The summed E-state index contributed by atoms with van der Waals surface area (Å²) in [6.07, 6.45) is 1.98. The van der Waals surface area contributed by atoms with Crippen molar-refractivity contribution >= 4 is 35.0 Å². The molecule has 0 unspecified atom stereocenters. The maximum Gasteiger partial charge on any atom is 0.339 e. The van der Waals surface area contributed by atoms with E-state index in [2.05, 4.69) is 0 Å². The molecule has 132 valence electrons. The molecule has 2 rings (SSSR count). The van der Waals surface area contributed by atoms with E-state index in [-0.39, 0.29) is 32.5 Å². The molecule has 25 heavy (non-hydrogen) atoms. The standard InChI is InChI=1S/C18H16Cl2O5/c1-2-3-4-9-5-10(6-13(15(9)21)18(24)25)16(22)12-7-11(19)8-14(20)17(12)23/h5-8,21,23H,2-4H2,1H3,(H,24,25). The fraction of sp³-hybridized carbons (Fsp3) is 0.222. The number of carboxylic acid groups (broad SMARTS) is 1. The number of aryl methyl sites for hydroxylation is 1. The van der Waals surface area contributed by atoms with Gasteiger partial charge in [0, 0.05) is 10.6 Å². The summed E-state index contributed by atoms with van der Waals surface area (Å²) in [5, 5.41) is 29.5. The lowest BCUT2D eigenvalue weighted by Crippen LogP contribution is -2.07. The van der Waals surface area contributed by atoms with Gasteiger partial charge in [-0.3, -0.25) is 4.79 Å². The summed E-state index contributed by atoms with van der Waals surface area (Å²) >= 11 is 11.7. The third-order valence-electron chi connectivity index (χ3n) is 3.75. The lowest BCUT2D eigenvalue weighted by molar-refractivity contribution is 0.0693. The molecule has 5 nitrogen and oxygen atoms in total. The van der Waals surface area contributed by atoms with Crippen LogP contribution in [0.2, 0.25) is 10.0 Å². The summed E-state index contributed by atoms with van der Waals surface area (Å²) < 4.78 is 0. The van der Waals surface area contributed by atoms with Crippen LogP contribution < -0.4 is 0 Å². The zero-order valence-electron chi connectivity index (χ0n) is 13.3. The minimum atomic E-state index is -1.35. The van der Waals surface area contributed by atoms with Crippen LogP contribution in [0.1, 0.15) is 51.6 Å². The van der Waals surface area contributed by atoms with E-state index >= 15 is 0 Å². The molecule has 0 aliphatic rings. The van der Waals surface area contributed by atoms with Crippen LogP contribution in [0.5, 0.6) is 11.5 Å². The molecular weight excluding hydrogens is 367 g/mol. The highest BCUT2D eigenvalue weighted by Gasteiger charge is 2.22. The van der Waals surface area contributed by atoms with Gasteiger partial charge in [0.25, 0.3) is 0 Å². The number of phenolic OH excluding ortho intramolecular Hbond substituents is 1. The Hall–Kier alpha value is -2.24. The lowest BCUT2D eigenvalue weighted by Gasteiger charge is -2.12. The number of carboxylic acids is 1. The van der Waals surface area contributed by atoms with Crippen LogP contribution >= 0.6 is 23.2 Å². The van der Waals surface area contributed by atoms with Crippen molar-refractivity contribution in [3.8, 4) is 11.5 Å². The van der Waals surface area contributed by atoms with Gasteiger partial charge in [-0.1, -0.05) is 36.5 Å². The van der Waals surface area contributed by atoms with Crippen LogP contribution in [-0.2, 0) is 6.42 Å². The van der Waals surface area contributed by atoms with Gasteiger partial charge < -0.3 is 15.3 Å². The van der Waals surface area contributed by atoms with E-state index in [4.69, 9.17) is 23.2 Å². The van der Waals surface area contributed by atoms with Crippen LogP contribution in [0.25, 0.3) is 0 Å². The molecule has 2 aromatic carbocycles. The van der Waals surface area contributed by atoms with Crippen LogP contribution in [0, 0.1) is 0 Å². The molecule has 0 heterocycles. The van der Waals surface area contributed by atoms with Gasteiger partial charge in [0.15, 0.2) is 5.78 Å². The number of aromatic carboxylic acids is 1. The first-order valence-electron chi connectivity index (χ1n) is 7.58. The van der Waals surface area contributed by atoms with Gasteiger partial charge in [0.1, 0.15) is 17.1 Å². The van der Waals surface area contributed by atoms with E-state index in [9.17, 15) is 24.9 Å². The number of hydrogen-bond acceptors (Lipinski definition) is 4. The highest BCUT2D eigenvalue weighted by Crippen LogP contribution is 2.34. The number of phenols is 2. The summed E-state index contributed by atoms with van der Waals surface area (Å²) in [5.74, 6) is -2.78. The average molecular weight is 383 g/mol. The molecule has 0 amide bonds. The van der Waals surface area contributed by atoms with Crippen LogP contribution in [0.3, 0.4) is 0 Å². The second kappa shape index (κ2) is 7.76. The van der Waals surface area contributed by atoms with Crippen molar-refractivity contribution in [1.29, 1.82) is 0 Å². The fourth-order valence-corrected chi connectivity index (χ4v) is 2.93. The smallest absolute Gasteiger partial charge is 0.339 e. The third kappa shape index (κ3) is 4.06.